The minimum atomic E-state index is -0.237. The van der Waals surface area contributed by atoms with Crippen molar-refractivity contribution in [2.45, 2.75) is 32.7 Å². The van der Waals surface area contributed by atoms with E-state index < -0.39 is 0 Å². The molecule has 0 aliphatic rings. The second-order valence-corrected chi connectivity index (χ2v) is 5.54. The SMILES string of the molecule is CCCN(CCC)C(c1ccc(F)cc1)c1ccc(F)cc1. The predicted octanol–water partition coefficient (Wildman–Crippen LogP) is 5.18. The largest absolute Gasteiger partial charge is 0.292 e. The number of hydrogen-bond acceptors (Lipinski definition) is 1. The molecule has 2 aromatic carbocycles. The molecule has 0 atom stereocenters. The van der Waals surface area contributed by atoms with Gasteiger partial charge in [-0.1, -0.05) is 38.1 Å². The fraction of sp³-hybridized carbons (Fsp3) is 0.368. The maximum Gasteiger partial charge on any atom is 0.123 e. The van der Waals surface area contributed by atoms with E-state index in [1.807, 2.05) is 24.3 Å². The normalized spacial score (nSPS) is 11.4. The van der Waals surface area contributed by atoms with Crippen molar-refractivity contribution >= 4 is 0 Å². The third-order valence-electron chi connectivity index (χ3n) is 3.76. The number of halogens is 2. The molecule has 2 rings (SSSR count). The van der Waals surface area contributed by atoms with Gasteiger partial charge in [0.15, 0.2) is 0 Å². The summed E-state index contributed by atoms with van der Waals surface area (Å²) < 4.78 is 26.5. The van der Waals surface area contributed by atoms with Crippen LogP contribution in [0.2, 0.25) is 0 Å². The molecule has 0 aliphatic heterocycles. The van der Waals surface area contributed by atoms with Gasteiger partial charge in [-0.05, 0) is 61.3 Å². The van der Waals surface area contributed by atoms with E-state index in [0.29, 0.717) is 0 Å². The Morgan fingerprint density at radius 1 is 0.727 bits per heavy atom. The van der Waals surface area contributed by atoms with E-state index in [-0.39, 0.29) is 17.7 Å². The van der Waals surface area contributed by atoms with E-state index in [2.05, 4.69) is 18.7 Å². The summed E-state index contributed by atoms with van der Waals surface area (Å²) in [7, 11) is 0. The summed E-state index contributed by atoms with van der Waals surface area (Å²) in [6, 6.07) is 13.3. The molecule has 22 heavy (non-hydrogen) atoms. The lowest BCUT2D eigenvalue weighted by molar-refractivity contribution is 0.226. The molecule has 0 fully saturated rings. The summed E-state index contributed by atoms with van der Waals surface area (Å²) in [5.74, 6) is -0.474. The molecule has 1 nitrogen and oxygen atoms in total. The Kier molecular flexibility index (Phi) is 6.08. The highest BCUT2D eigenvalue weighted by atomic mass is 19.1. The first-order valence-electron chi connectivity index (χ1n) is 7.90. The number of hydrogen-bond donors (Lipinski definition) is 0. The summed E-state index contributed by atoms with van der Waals surface area (Å²) in [6.45, 7) is 6.20. The molecule has 0 bridgehead atoms. The van der Waals surface area contributed by atoms with Crippen LogP contribution in [0.4, 0.5) is 8.78 Å². The van der Waals surface area contributed by atoms with Crippen molar-refractivity contribution in [2.75, 3.05) is 13.1 Å². The van der Waals surface area contributed by atoms with Crippen LogP contribution in [0.5, 0.6) is 0 Å². The highest BCUT2D eigenvalue weighted by Gasteiger charge is 2.21. The van der Waals surface area contributed by atoms with Crippen molar-refractivity contribution in [1.82, 2.24) is 4.90 Å². The van der Waals surface area contributed by atoms with Crippen LogP contribution >= 0.6 is 0 Å². The van der Waals surface area contributed by atoms with Gasteiger partial charge in [-0.25, -0.2) is 8.78 Å². The first-order valence-corrected chi connectivity index (χ1v) is 7.90. The fourth-order valence-electron chi connectivity index (χ4n) is 2.85. The van der Waals surface area contributed by atoms with Gasteiger partial charge in [0.25, 0.3) is 0 Å². The number of rotatable bonds is 7. The van der Waals surface area contributed by atoms with Gasteiger partial charge >= 0.3 is 0 Å². The zero-order chi connectivity index (χ0) is 15.9. The lowest BCUT2D eigenvalue weighted by atomic mass is 9.96. The summed E-state index contributed by atoms with van der Waals surface area (Å²) in [4.78, 5) is 2.38. The topological polar surface area (TPSA) is 3.24 Å². The molecule has 0 saturated carbocycles. The maximum absolute atomic E-state index is 13.2. The Labute approximate surface area is 131 Å². The quantitative estimate of drug-likeness (QED) is 0.681. The molecule has 0 aromatic heterocycles. The zero-order valence-corrected chi connectivity index (χ0v) is 13.2. The van der Waals surface area contributed by atoms with Crippen LogP contribution < -0.4 is 0 Å². The van der Waals surface area contributed by atoms with Gasteiger partial charge in [-0.15, -0.1) is 0 Å². The van der Waals surface area contributed by atoms with Crippen LogP contribution in [-0.2, 0) is 0 Å². The van der Waals surface area contributed by atoms with Crippen LogP contribution in [0.1, 0.15) is 43.9 Å². The zero-order valence-electron chi connectivity index (χ0n) is 13.2. The summed E-state index contributed by atoms with van der Waals surface area (Å²) in [5.41, 5.74) is 2.07. The van der Waals surface area contributed by atoms with Crippen molar-refractivity contribution < 1.29 is 8.78 Å². The summed E-state index contributed by atoms with van der Waals surface area (Å²) >= 11 is 0. The molecule has 2 aromatic rings. The van der Waals surface area contributed by atoms with Gasteiger partial charge < -0.3 is 0 Å². The van der Waals surface area contributed by atoms with Crippen molar-refractivity contribution in [3.05, 3.63) is 71.3 Å². The minimum absolute atomic E-state index is 0.0288. The fourth-order valence-corrected chi connectivity index (χ4v) is 2.85. The monoisotopic (exact) mass is 303 g/mol. The van der Waals surface area contributed by atoms with Crippen molar-refractivity contribution in [2.24, 2.45) is 0 Å². The molecule has 0 spiro atoms. The van der Waals surface area contributed by atoms with Crippen LogP contribution in [0.15, 0.2) is 48.5 Å². The minimum Gasteiger partial charge on any atom is -0.292 e. The number of benzene rings is 2. The van der Waals surface area contributed by atoms with Gasteiger partial charge in [0, 0.05) is 0 Å². The van der Waals surface area contributed by atoms with E-state index in [4.69, 9.17) is 0 Å². The Balaban J connectivity index is 2.42. The van der Waals surface area contributed by atoms with Crippen LogP contribution in [0.3, 0.4) is 0 Å². The molecule has 0 radical (unpaired) electrons. The van der Waals surface area contributed by atoms with Gasteiger partial charge in [-0.2, -0.15) is 0 Å². The third kappa shape index (κ3) is 4.14. The molecular weight excluding hydrogens is 280 g/mol. The van der Waals surface area contributed by atoms with Gasteiger partial charge in [0.1, 0.15) is 11.6 Å². The summed E-state index contributed by atoms with van der Waals surface area (Å²) in [6.07, 6.45) is 2.08. The first kappa shape index (κ1) is 16.6. The molecule has 118 valence electrons. The molecule has 0 N–H and O–H groups in total. The van der Waals surface area contributed by atoms with Crippen LogP contribution in [0, 0.1) is 11.6 Å². The summed E-state index contributed by atoms with van der Waals surface area (Å²) in [5, 5.41) is 0. The predicted molar refractivity (Wildman–Crippen MR) is 86.8 cm³/mol. The van der Waals surface area contributed by atoms with Crippen molar-refractivity contribution in [1.29, 1.82) is 0 Å². The molecule has 0 heterocycles. The average Bonchev–Trinajstić information content (AvgIpc) is 2.52. The van der Waals surface area contributed by atoms with Crippen LogP contribution in [-0.4, -0.2) is 18.0 Å². The standard InChI is InChI=1S/C19H23F2N/c1-3-13-22(14-4-2)19(15-5-9-17(20)10-6-15)16-7-11-18(21)12-8-16/h5-12,19H,3-4,13-14H2,1-2H3. The smallest absolute Gasteiger partial charge is 0.123 e. The first-order chi connectivity index (χ1) is 10.7. The van der Waals surface area contributed by atoms with Gasteiger partial charge in [0.05, 0.1) is 6.04 Å². The van der Waals surface area contributed by atoms with Crippen molar-refractivity contribution in [3.63, 3.8) is 0 Å². The van der Waals surface area contributed by atoms with Crippen molar-refractivity contribution in [3.8, 4) is 0 Å². The molecule has 0 unspecified atom stereocenters. The third-order valence-corrected chi connectivity index (χ3v) is 3.76. The van der Waals surface area contributed by atoms with E-state index in [1.54, 1.807) is 0 Å². The maximum atomic E-state index is 13.2. The average molecular weight is 303 g/mol. The highest BCUT2D eigenvalue weighted by molar-refractivity contribution is 5.32. The molecule has 3 heteroatoms. The van der Waals surface area contributed by atoms with Gasteiger partial charge in [0.2, 0.25) is 0 Å². The molecule has 0 amide bonds. The number of nitrogens with zero attached hydrogens (tertiary/aromatic N) is 1. The highest BCUT2D eigenvalue weighted by Crippen LogP contribution is 2.29. The molecule has 0 aliphatic carbocycles. The second-order valence-electron chi connectivity index (χ2n) is 5.54. The van der Waals surface area contributed by atoms with E-state index in [0.717, 1.165) is 37.1 Å². The second kappa shape index (κ2) is 8.04. The van der Waals surface area contributed by atoms with E-state index in [9.17, 15) is 8.78 Å². The Morgan fingerprint density at radius 3 is 1.41 bits per heavy atom. The Morgan fingerprint density at radius 2 is 1.09 bits per heavy atom. The molecule has 0 saturated heterocycles. The molecular formula is C19H23F2N. The van der Waals surface area contributed by atoms with E-state index >= 15 is 0 Å². The Hall–Kier alpha value is -1.74. The lowest BCUT2D eigenvalue weighted by Crippen LogP contribution is -2.31. The lowest BCUT2D eigenvalue weighted by Gasteiger charge is -2.32. The Bertz CT molecular complexity index is 511. The van der Waals surface area contributed by atoms with Gasteiger partial charge in [-0.3, -0.25) is 4.90 Å². The van der Waals surface area contributed by atoms with Crippen LogP contribution in [0.25, 0.3) is 0 Å². The van der Waals surface area contributed by atoms with E-state index in [1.165, 1.54) is 24.3 Å².